The molecule has 202 valence electrons. The number of benzene rings is 3. The van der Waals surface area contributed by atoms with Crippen LogP contribution < -0.4 is 9.62 Å². The molecular formula is C28H31Cl2N3O4S. The third kappa shape index (κ3) is 7.28. The van der Waals surface area contributed by atoms with Crippen LogP contribution in [0.15, 0.2) is 83.8 Å². The fourth-order valence-corrected chi connectivity index (χ4v) is 5.77. The van der Waals surface area contributed by atoms with Gasteiger partial charge in [0, 0.05) is 28.7 Å². The minimum absolute atomic E-state index is 0.0442. The molecule has 7 nitrogen and oxygen atoms in total. The van der Waals surface area contributed by atoms with Crippen LogP contribution in [0.1, 0.15) is 32.3 Å². The van der Waals surface area contributed by atoms with Crippen LogP contribution in [0.4, 0.5) is 5.69 Å². The summed E-state index contributed by atoms with van der Waals surface area (Å²) in [6.07, 6.45) is 1.69. The minimum Gasteiger partial charge on any atom is -0.354 e. The highest BCUT2D eigenvalue weighted by Gasteiger charge is 2.33. The van der Waals surface area contributed by atoms with Gasteiger partial charge in [0.05, 0.1) is 10.6 Å². The lowest BCUT2D eigenvalue weighted by molar-refractivity contribution is -0.139. The van der Waals surface area contributed by atoms with Gasteiger partial charge in [-0.1, -0.05) is 79.0 Å². The average Bonchev–Trinajstić information content (AvgIpc) is 2.92. The molecule has 10 heteroatoms. The summed E-state index contributed by atoms with van der Waals surface area (Å²) in [4.78, 5) is 28.2. The maximum atomic E-state index is 13.9. The van der Waals surface area contributed by atoms with E-state index >= 15 is 0 Å². The number of nitrogens with zero attached hydrogens (tertiary/aromatic N) is 2. The van der Waals surface area contributed by atoms with Gasteiger partial charge >= 0.3 is 0 Å². The highest BCUT2D eigenvalue weighted by Crippen LogP contribution is 2.28. The number of carbonyl (C=O) groups is 2. The summed E-state index contributed by atoms with van der Waals surface area (Å²) < 4.78 is 28.4. The summed E-state index contributed by atoms with van der Waals surface area (Å²) in [5.41, 5.74) is 0.787. The second kappa shape index (κ2) is 13.6. The third-order valence-electron chi connectivity index (χ3n) is 6.04. The monoisotopic (exact) mass is 575 g/mol. The smallest absolute Gasteiger partial charge is 0.264 e. The van der Waals surface area contributed by atoms with E-state index < -0.39 is 28.5 Å². The predicted octanol–water partition coefficient (Wildman–Crippen LogP) is 5.52. The van der Waals surface area contributed by atoms with Gasteiger partial charge in [0.2, 0.25) is 11.8 Å². The fraction of sp³-hybridized carbons (Fsp3) is 0.286. The Kier molecular flexibility index (Phi) is 10.6. The van der Waals surface area contributed by atoms with Gasteiger partial charge in [-0.05, 0) is 49.7 Å². The standard InChI is InChI=1S/C28H31Cl2N3O4S/c1-3-4-18-31-28(35)21(2)32(19-24-25(29)16-11-17-26(24)30)27(34)20-33(22-12-7-5-8-13-22)38(36,37)23-14-9-6-10-15-23/h5-17,21H,3-4,18-20H2,1-2H3,(H,31,35)/t21-/m0/s1. The Balaban J connectivity index is 2.00. The maximum Gasteiger partial charge on any atom is 0.264 e. The molecule has 0 bridgehead atoms. The van der Waals surface area contributed by atoms with Crippen LogP contribution in [0.5, 0.6) is 0 Å². The number of hydrogen-bond donors (Lipinski definition) is 1. The van der Waals surface area contributed by atoms with Gasteiger partial charge in [0.1, 0.15) is 12.6 Å². The molecule has 0 spiro atoms. The zero-order chi connectivity index (χ0) is 27.7. The lowest BCUT2D eigenvalue weighted by Gasteiger charge is -2.32. The third-order valence-corrected chi connectivity index (χ3v) is 8.54. The maximum absolute atomic E-state index is 13.9. The lowest BCUT2D eigenvalue weighted by Crippen LogP contribution is -2.51. The van der Waals surface area contributed by atoms with Crippen molar-refractivity contribution in [1.82, 2.24) is 10.2 Å². The molecular weight excluding hydrogens is 545 g/mol. The topological polar surface area (TPSA) is 86.8 Å². The first kappa shape index (κ1) is 29.5. The molecule has 0 fully saturated rings. The zero-order valence-electron chi connectivity index (χ0n) is 21.3. The van der Waals surface area contributed by atoms with Crippen molar-refractivity contribution in [2.75, 3.05) is 17.4 Å². The number of rotatable bonds is 12. The molecule has 1 N–H and O–H groups in total. The molecule has 3 aromatic carbocycles. The van der Waals surface area contributed by atoms with Crippen molar-refractivity contribution < 1.29 is 18.0 Å². The summed E-state index contributed by atoms with van der Waals surface area (Å²) in [7, 11) is -4.10. The van der Waals surface area contributed by atoms with E-state index in [1.807, 2.05) is 6.92 Å². The number of nitrogens with one attached hydrogen (secondary N) is 1. The first-order valence-corrected chi connectivity index (χ1v) is 14.5. The summed E-state index contributed by atoms with van der Waals surface area (Å²) >= 11 is 12.8. The Hall–Kier alpha value is -3.07. The molecule has 3 aromatic rings. The summed E-state index contributed by atoms with van der Waals surface area (Å²) in [6, 6.07) is 20.3. The normalized spacial score (nSPS) is 12.0. The van der Waals surface area contributed by atoms with E-state index in [0.717, 1.165) is 17.1 Å². The predicted molar refractivity (Wildman–Crippen MR) is 152 cm³/mol. The van der Waals surface area contributed by atoms with Gasteiger partial charge in [-0.3, -0.25) is 13.9 Å². The Morgan fingerprint density at radius 1 is 0.895 bits per heavy atom. The number of para-hydroxylation sites is 1. The number of carbonyl (C=O) groups excluding carboxylic acids is 2. The van der Waals surface area contributed by atoms with E-state index in [9.17, 15) is 18.0 Å². The molecule has 3 rings (SSSR count). The van der Waals surface area contributed by atoms with Crippen molar-refractivity contribution in [2.45, 2.75) is 44.2 Å². The van der Waals surface area contributed by atoms with Crippen LogP contribution in [0, 0.1) is 0 Å². The van der Waals surface area contributed by atoms with E-state index in [-0.39, 0.29) is 17.3 Å². The van der Waals surface area contributed by atoms with Crippen molar-refractivity contribution in [3.05, 3.63) is 94.5 Å². The SMILES string of the molecule is CCCCNC(=O)[C@H](C)N(Cc1c(Cl)cccc1Cl)C(=O)CN(c1ccccc1)S(=O)(=O)c1ccccc1. The van der Waals surface area contributed by atoms with Crippen LogP contribution in [0.2, 0.25) is 10.0 Å². The molecule has 0 saturated heterocycles. The first-order valence-electron chi connectivity index (χ1n) is 12.3. The van der Waals surface area contributed by atoms with E-state index in [4.69, 9.17) is 23.2 Å². The van der Waals surface area contributed by atoms with Crippen LogP contribution in [0.3, 0.4) is 0 Å². The molecule has 2 amide bonds. The average molecular weight is 577 g/mol. The molecule has 0 aliphatic rings. The second-order valence-electron chi connectivity index (χ2n) is 8.70. The van der Waals surface area contributed by atoms with Gasteiger partial charge in [-0.15, -0.1) is 0 Å². The van der Waals surface area contributed by atoms with E-state index in [1.54, 1.807) is 73.7 Å². The van der Waals surface area contributed by atoms with Gasteiger partial charge in [0.25, 0.3) is 10.0 Å². The quantitative estimate of drug-likeness (QED) is 0.288. The minimum atomic E-state index is -4.10. The van der Waals surface area contributed by atoms with Crippen LogP contribution in [0.25, 0.3) is 0 Å². The summed E-state index contributed by atoms with van der Waals surface area (Å²) in [6.45, 7) is 3.47. The van der Waals surface area contributed by atoms with Gasteiger partial charge in [-0.2, -0.15) is 0 Å². The Morgan fingerprint density at radius 2 is 1.47 bits per heavy atom. The van der Waals surface area contributed by atoms with Gasteiger partial charge in [0.15, 0.2) is 0 Å². The molecule has 0 saturated carbocycles. The van der Waals surface area contributed by atoms with E-state index in [0.29, 0.717) is 27.8 Å². The lowest BCUT2D eigenvalue weighted by atomic mass is 10.1. The largest absolute Gasteiger partial charge is 0.354 e. The van der Waals surface area contributed by atoms with E-state index in [1.165, 1.54) is 17.0 Å². The van der Waals surface area contributed by atoms with Crippen LogP contribution in [-0.4, -0.2) is 44.3 Å². The van der Waals surface area contributed by atoms with Gasteiger partial charge in [-0.25, -0.2) is 8.42 Å². The highest BCUT2D eigenvalue weighted by atomic mass is 35.5. The highest BCUT2D eigenvalue weighted by molar-refractivity contribution is 7.92. The Morgan fingerprint density at radius 3 is 2.05 bits per heavy atom. The van der Waals surface area contributed by atoms with Gasteiger partial charge < -0.3 is 10.2 Å². The molecule has 0 radical (unpaired) electrons. The second-order valence-corrected chi connectivity index (χ2v) is 11.4. The Bertz CT molecular complexity index is 1320. The number of sulfonamides is 1. The number of unbranched alkanes of at least 4 members (excludes halogenated alkanes) is 1. The number of amides is 2. The van der Waals surface area contributed by atoms with Crippen molar-refractivity contribution in [3.8, 4) is 0 Å². The molecule has 0 unspecified atom stereocenters. The first-order chi connectivity index (χ1) is 18.2. The molecule has 1 atom stereocenters. The van der Waals surface area contributed by atoms with Crippen molar-refractivity contribution in [1.29, 1.82) is 0 Å². The molecule has 38 heavy (non-hydrogen) atoms. The summed E-state index contributed by atoms with van der Waals surface area (Å²) in [5, 5.41) is 3.52. The molecule has 0 aliphatic carbocycles. The van der Waals surface area contributed by atoms with Crippen molar-refractivity contribution in [2.24, 2.45) is 0 Å². The van der Waals surface area contributed by atoms with Crippen LogP contribution >= 0.6 is 23.2 Å². The number of hydrogen-bond acceptors (Lipinski definition) is 4. The summed E-state index contributed by atoms with van der Waals surface area (Å²) in [5.74, 6) is -0.936. The number of anilines is 1. The van der Waals surface area contributed by atoms with Crippen molar-refractivity contribution >= 4 is 50.7 Å². The number of halogens is 2. The fourth-order valence-electron chi connectivity index (χ4n) is 3.82. The zero-order valence-corrected chi connectivity index (χ0v) is 23.6. The molecule has 0 heterocycles. The van der Waals surface area contributed by atoms with E-state index in [2.05, 4.69) is 5.32 Å². The molecule has 0 aliphatic heterocycles. The molecule has 0 aromatic heterocycles. The van der Waals surface area contributed by atoms with Crippen molar-refractivity contribution in [3.63, 3.8) is 0 Å². The Labute approximate surface area is 234 Å². The van der Waals surface area contributed by atoms with Crippen LogP contribution in [-0.2, 0) is 26.2 Å².